The molecule has 0 spiro atoms. The Hall–Kier alpha value is -2.62. The fraction of sp³-hybridized carbons (Fsp3) is 0.500. The third-order valence-electron chi connectivity index (χ3n) is 7.01. The Morgan fingerprint density at radius 2 is 0.875 bits per heavy atom. The predicted molar refractivity (Wildman–Crippen MR) is 130 cm³/mol. The average molecular weight is 433 g/mol. The first-order valence-electron chi connectivity index (χ1n) is 12.5. The van der Waals surface area contributed by atoms with Crippen LogP contribution in [-0.2, 0) is 0 Å². The molecule has 2 amide bonds. The number of amides is 2. The average Bonchev–Trinajstić information content (AvgIpc) is 3.24. The topological polar surface area (TPSA) is 58.2 Å². The van der Waals surface area contributed by atoms with E-state index < -0.39 is 0 Å². The van der Waals surface area contributed by atoms with Crippen molar-refractivity contribution in [1.82, 2.24) is 10.6 Å². The standard InChI is InChI=1S/C28H36N2O2/c31-27(29-21-13-5-1-2-6-14-21)25-19-11-9-17-23(25)24-18-10-12-20-26(24)28(32)30-22-15-7-3-4-8-16-22/h9-12,17-22H,1-8,13-16H2,(H,29,31)(H,30,32). The third-order valence-corrected chi connectivity index (χ3v) is 7.01. The van der Waals surface area contributed by atoms with E-state index in [9.17, 15) is 9.59 Å². The minimum absolute atomic E-state index is 0.0357. The van der Waals surface area contributed by atoms with Crippen LogP contribution >= 0.6 is 0 Å². The molecule has 4 nitrogen and oxygen atoms in total. The van der Waals surface area contributed by atoms with Gasteiger partial charge in [-0.1, -0.05) is 87.8 Å². The highest BCUT2D eigenvalue weighted by molar-refractivity contribution is 6.06. The summed E-state index contributed by atoms with van der Waals surface area (Å²) in [6.07, 6.45) is 13.9. The number of rotatable bonds is 5. The van der Waals surface area contributed by atoms with E-state index in [1.807, 2.05) is 48.5 Å². The molecule has 0 atom stereocenters. The van der Waals surface area contributed by atoms with Crippen LogP contribution in [0.15, 0.2) is 48.5 Å². The molecule has 32 heavy (non-hydrogen) atoms. The molecule has 2 aromatic rings. The van der Waals surface area contributed by atoms with E-state index in [1.165, 1.54) is 51.4 Å². The summed E-state index contributed by atoms with van der Waals surface area (Å²) in [7, 11) is 0. The first-order chi connectivity index (χ1) is 15.7. The van der Waals surface area contributed by atoms with Gasteiger partial charge in [0, 0.05) is 23.2 Å². The first-order valence-corrected chi connectivity index (χ1v) is 12.5. The van der Waals surface area contributed by atoms with Crippen molar-refractivity contribution in [3.63, 3.8) is 0 Å². The maximum atomic E-state index is 13.2. The number of carbonyl (C=O) groups excluding carboxylic acids is 2. The van der Waals surface area contributed by atoms with E-state index in [0.717, 1.165) is 36.8 Å². The Bertz CT molecular complexity index is 832. The van der Waals surface area contributed by atoms with Gasteiger partial charge in [0.05, 0.1) is 0 Å². The second-order valence-corrected chi connectivity index (χ2v) is 9.42. The maximum Gasteiger partial charge on any atom is 0.252 e. The Morgan fingerprint density at radius 3 is 1.25 bits per heavy atom. The molecule has 0 unspecified atom stereocenters. The summed E-state index contributed by atoms with van der Waals surface area (Å²) < 4.78 is 0. The molecule has 2 fully saturated rings. The van der Waals surface area contributed by atoms with Crippen LogP contribution in [0.1, 0.15) is 97.8 Å². The summed E-state index contributed by atoms with van der Waals surface area (Å²) >= 11 is 0. The van der Waals surface area contributed by atoms with Crippen LogP contribution < -0.4 is 10.6 Å². The maximum absolute atomic E-state index is 13.2. The molecule has 0 heterocycles. The van der Waals surface area contributed by atoms with Crippen LogP contribution in [0.3, 0.4) is 0 Å². The van der Waals surface area contributed by atoms with Crippen LogP contribution in [0.4, 0.5) is 0 Å². The van der Waals surface area contributed by atoms with E-state index in [1.54, 1.807) is 0 Å². The van der Waals surface area contributed by atoms with Gasteiger partial charge in [-0.3, -0.25) is 9.59 Å². The fourth-order valence-electron chi connectivity index (χ4n) is 5.21. The van der Waals surface area contributed by atoms with Crippen molar-refractivity contribution < 1.29 is 9.59 Å². The highest BCUT2D eigenvalue weighted by atomic mass is 16.2. The Morgan fingerprint density at radius 1 is 0.531 bits per heavy atom. The Kier molecular flexibility index (Phi) is 7.97. The van der Waals surface area contributed by atoms with Crippen molar-refractivity contribution in [3.8, 4) is 11.1 Å². The number of hydrogen-bond acceptors (Lipinski definition) is 2. The lowest BCUT2D eigenvalue weighted by molar-refractivity contribution is 0.0923. The molecule has 170 valence electrons. The van der Waals surface area contributed by atoms with Crippen LogP contribution in [0, 0.1) is 0 Å². The van der Waals surface area contributed by atoms with E-state index >= 15 is 0 Å². The van der Waals surface area contributed by atoms with Crippen LogP contribution in [0.5, 0.6) is 0 Å². The summed E-state index contributed by atoms with van der Waals surface area (Å²) in [5, 5.41) is 6.53. The van der Waals surface area contributed by atoms with E-state index in [0.29, 0.717) is 11.1 Å². The smallest absolute Gasteiger partial charge is 0.252 e. The van der Waals surface area contributed by atoms with Gasteiger partial charge < -0.3 is 10.6 Å². The van der Waals surface area contributed by atoms with Crippen molar-refractivity contribution in [2.75, 3.05) is 0 Å². The highest BCUT2D eigenvalue weighted by Gasteiger charge is 2.22. The molecule has 2 N–H and O–H groups in total. The van der Waals surface area contributed by atoms with Crippen molar-refractivity contribution in [1.29, 1.82) is 0 Å². The van der Waals surface area contributed by atoms with Crippen LogP contribution in [0.25, 0.3) is 11.1 Å². The predicted octanol–water partition coefficient (Wildman–Crippen LogP) is 6.26. The summed E-state index contributed by atoms with van der Waals surface area (Å²) in [6, 6.07) is 15.8. The van der Waals surface area contributed by atoms with Gasteiger partial charge in [-0.15, -0.1) is 0 Å². The first kappa shape index (κ1) is 22.6. The molecule has 0 aromatic heterocycles. The van der Waals surface area contributed by atoms with Gasteiger partial charge in [-0.05, 0) is 48.9 Å². The number of hydrogen-bond donors (Lipinski definition) is 2. The molecule has 2 aliphatic carbocycles. The van der Waals surface area contributed by atoms with E-state index in [-0.39, 0.29) is 23.9 Å². The van der Waals surface area contributed by atoms with Crippen LogP contribution in [0.2, 0.25) is 0 Å². The van der Waals surface area contributed by atoms with Crippen molar-refractivity contribution in [2.45, 2.75) is 89.1 Å². The molecular weight excluding hydrogens is 396 g/mol. The summed E-state index contributed by atoms with van der Waals surface area (Å²) in [6.45, 7) is 0. The Balaban J connectivity index is 1.56. The molecule has 0 saturated heterocycles. The molecule has 0 aliphatic heterocycles. The molecule has 4 rings (SSSR count). The largest absolute Gasteiger partial charge is 0.349 e. The zero-order valence-corrected chi connectivity index (χ0v) is 19.1. The molecule has 2 saturated carbocycles. The second-order valence-electron chi connectivity index (χ2n) is 9.42. The minimum Gasteiger partial charge on any atom is -0.349 e. The summed E-state index contributed by atoms with van der Waals surface area (Å²) in [4.78, 5) is 26.5. The molecule has 2 aromatic carbocycles. The highest BCUT2D eigenvalue weighted by Crippen LogP contribution is 2.28. The Labute approximate surface area is 192 Å². The van der Waals surface area contributed by atoms with Crippen molar-refractivity contribution in [3.05, 3.63) is 59.7 Å². The minimum atomic E-state index is -0.0357. The van der Waals surface area contributed by atoms with E-state index in [2.05, 4.69) is 10.6 Å². The van der Waals surface area contributed by atoms with Gasteiger partial charge in [0.1, 0.15) is 0 Å². The van der Waals surface area contributed by atoms with Crippen LogP contribution in [-0.4, -0.2) is 23.9 Å². The zero-order chi connectivity index (χ0) is 22.2. The van der Waals surface area contributed by atoms with Gasteiger partial charge in [0.25, 0.3) is 11.8 Å². The monoisotopic (exact) mass is 432 g/mol. The van der Waals surface area contributed by atoms with Gasteiger partial charge in [-0.25, -0.2) is 0 Å². The summed E-state index contributed by atoms with van der Waals surface area (Å²) in [5.41, 5.74) is 2.94. The molecule has 4 heteroatoms. The zero-order valence-electron chi connectivity index (χ0n) is 19.1. The number of nitrogens with one attached hydrogen (secondary N) is 2. The van der Waals surface area contributed by atoms with Gasteiger partial charge in [-0.2, -0.15) is 0 Å². The lowest BCUT2D eigenvalue weighted by Crippen LogP contribution is -2.35. The van der Waals surface area contributed by atoms with Crippen molar-refractivity contribution in [2.24, 2.45) is 0 Å². The number of benzene rings is 2. The normalized spacial score (nSPS) is 18.4. The molecule has 0 radical (unpaired) electrons. The van der Waals surface area contributed by atoms with Gasteiger partial charge >= 0.3 is 0 Å². The molecule has 2 aliphatic rings. The molecule has 0 bridgehead atoms. The van der Waals surface area contributed by atoms with E-state index in [4.69, 9.17) is 0 Å². The fourth-order valence-corrected chi connectivity index (χ4v) is 5.21. The third kappa shape index (κ3) is 5.79. The number of carbonyl (C=O) groups is 2. The van der Waals surface area contributed by atoms with Crippen molar-refractivity contribution >= 4 is 11.8 Å². The van der Waals surface area contributed by atoms with Gasteiger partial charge in [0.2, 0.25) is 0 Å². The quantitative estimate of drug-likeness (QED) is 0.548. The lowest BCUT2D eigenvalue weighted by Gasteiger charge is -2.20. The SMILES string of the molecule is O=C(NC1CCCCCC1)c1ccccc1-c1ccccc1C(=O)NC1CCCCCC1. The second kappa shape index (κ2) is 11.3. The van der Waals surface area contributed by atoms with Gasteiger partial charge in [0.15, 0.2) is 0 Å². The lowest BCUT2D eigenvalue weighted by atomic mass is 9.94. The molecular formula is C28H36N2O2. The summed E-state index contributed by atoms with van der Waals surface area (Å²) in [5.74, 6) is -0.0713.